The summed E-state index contributed by atoms with van der Waals surface area (Å²) < 4.78 is 27.1. The monoisotopic (exact) mass is 485 g/mol. The maximum absolute atomic E-state index is 13.5. The molecule has 0 bridgehead atoms. The van der Waals surface area contributed by atoms with Crippen molar-refractivity contribution in [2.45, 2.75) is 72.1 Å². The van der Waals surface area contributed by atoms with Crippen molar-refractivity contribution in [3.63, 3.8) is 0 Å². The van der Waals surface area contributed by atoms with Crippen molar-refractivity contribution < 1.29 is 13.6 Å². The van der Waals surface area contributed by atoms with Crippen molar-refractivity contribution >= 4 is 23.4 Å². The van der Waals surface area contributed by atoms with E-state index in [1.807, 2.05) is 39.8 Å². The number of benzene rings is 1. The summed E-state index contributed by atoms with van der Waals surface area (Å²) in [6, 6.07) is 7.63. The Morgan fingerprint density at radius 1 is 0.886 bits per heavy atom. The third-order valence-electron chi connectivity index (χ3n) is 7.38. The van der Waals surface area contributed by atoms with Gasteiger partial charge in [-0.3, -0.25) is 4.79 Å². The first-order chi connectivity index (χ1) is 16.7. The van der Waals surface area contributed by atoms with Gasteiger partial charge in [0.05, 0.1) is 5.56 Å². The van der Waals surface area contributed by atoms with Gasteiger partial charge in [-0.15, -0.1) is 0 Å². The van der Waals surface area contributed by atoms with Gasteiger partial charge < -0.3 is 15.1 Å². The number of anilines is 3. The highest BCUT2D eigenvalue weighted by atomic mass is 19.3. The average molecular weight is 486 g/mol. The molecule has 2 aliphatic heterocycles. The van der Waals surface area contributed by atoms with E-state index in [-0.39, 0.29) is 31.8 Å². The molecule has 0 unspecified atom stereocenters. The van der Waals surface area contributed by atoms with Crippen molar-refractivity contribution in [1.82, 2.24) is 9.97 Å². The second-order valence-electron chi connectivity index (χ2n) is 10.00. The summed E-state index contributed by atoms with van der Waals surface area (Å²) in [5, 5.41) is 2.93. The fourth-order valence-corrected chi connectivity index (χ4v) is 4.97. The number of aryl methyl sites for hydroxylation is 2. The second-order valence-corrected chi connectivity index (χ2v) is 10.00. The van der Waals surface area contributed by atoms with Crippen LogP contribution in [-0.2, 0) is 0 Å². The van der Waals surface area contributed by atoms with Crippen LogP contribution < -0.4 is 15.1 Å². The lowest BCUT2D eigenvalue weighted by Gasteiger charge is -2.35. The molecule has 6 nitrogen and oxygen atoms in total. The van der Waals surface area contributed by atoms with Crippen LogP contribution in [0.2, 0.25) is 0 Å². The zero-order chi connectivity index (χ0) is 25.2. The van der Waals surface area contributed by atoms with Crippen molar-refractivity contribution in [3.05, 3.63) is 41.1 Å². The Bertz CT molecular complexity index is 1050. The molecule has 0 atom stereocenters. The molecule has 1 aromatic heterocycles. The third kappa shape index (κ3) is 5.90. The zero-order valence-corrected chi connectivity index (χ0v) is 21.3. The third-order valence-corrected chi connectivity index (χ3v) is 7.38. The van der Waals surface area contributed by atoms with Gasteiger partial charge in [-0.2, -0.15) is 4.98 Å². The molecule has 3 aliphatic rings. The molecule has 1 aromatic carbocycles. The van der Waals surface area contributed by atoms with Gasteiger partial charge in [-0.1, -0.05) is 19.9 Å². The summed E-state index contributed by atoms with van der Waals surface area (Å²) in [6.07, 6.45) is 4.63. The molecule has 1 aliphatic carbocycles. The van der Waals surface area contributed by atoms with Crippen LogP contribution in [0.4, 0.5) is 26.2 Å². The van der Waals surface area contributed by atoms with Crippen LogP contribution in [0.1, 0.15) is 74.0 Å². The molecule has 2 aromatic rings. The number of amides is 1. The smallest absolute Gasteiger partial charge is 0.258 e. The van der Waals surface area contributed by atoms with E-state index in [2.05, 4.69) is 26.3 Å². The topological polar surface area (TPSA) is 61.4 Å². The number of alkyl halides is 2. The molecule has 1 saturated carbocycles. The number of rotatable bonds is 4. The van der Waals surface area contributed by atoms with Crippen LogP contribution in [0.15, 0.2) is 24.3 Å². The minimum atomic E-state index is -2.63. The summed E-state index contributed by atoms with van der Waals surface area (Å²) >= 11 is 0. The molecule has 8 heteroatoms. The van der Waals surface area contributed by atoms with Crippen molar-refractivity contribution in [3.8, 4) is 0 Å². The molecule has 1 spiro atoms. The Hall–Kier alpha value is -2.77. The molecule has 3 heterocycles. The van der Waals surface area contributed by atoms with Gasteiger partial charge in [0.15, 0.2) is 0 Å². The predicted octanol–water partition coefficient (Wildman–Crippen LogP) is 5.99. The minimum absolute atomic E-state index is 0.197. The first-order valence-electron chi connectivity index (χ1n) is 12.9. The Balaban J connectivity index is 0.00000141. The van der Waals surface area contributed by atoms with Crippen molar-refractivity contribution in [1.29, 1.82) is 0 Å². The summed E-state index contributed by atoms with van der Waals surface area (Å²) in [6.45, 7) is 10.2. The molecule has 35 heavy (non-hydrogen) atoms. The van der Waals surface area contributed by atoms with Gasteiger partial charge in [0.2, 0.25) is 5.95 Å². The van der Waals surface area contributed by atoms with E-state index in [1.54, 1.807) is 11.0 Å². The van der Waals surface area contributed by atoms with Gasteiger partial charge in [0.25, 0.3) is 11.8 Å². The number of carbonyl (C=O) groups is 1. The van der Waals surface area contributed by atoms with Crippen LogP contribution in [-0.4, -0.2) is 48.0 Å². The lowest BCUT2D eigenvalue weighted by Crippen LogP contribution is -2.40. The molecule has 1 N–H and O–H groups in total. The Labute approximate surface area is 207 Å². The van der Waals surface area contributed by atoms with Gasteiger partial charge in [-0.05, 0) is 62.6 Å². The molecular formula is C27H37F2N5O. The number of carbonyl (C=O) groups excluding carboxylic acids is 1. The van der Waals surface area contributed by atoms with Crippen LogP contribution in [0.3, 0.4) is 0 Å². The highest BCUT2D eigenvalue weighted by Crippen LogP contribution is 2.54. The van der Waals surface area contributed by atoms with Crippen molar-refractivity contribution in [2.24, 2.45) is 5.41 Å². The summed E-state index contributed by atoms with van der Waals surface area (Å²) in [4.78, 5) is 26.3. The number of piperidine rings is 2. The lowest BCUT2D eigenvalue weighted by atomic mass is 9.92. The van der Waals surface area contributed by atoms with E-state index in [4.69, 9.17) is 0 Å². The number of nitrogens with one attached hydrogen (secondary N) is 1. The van der Waals surface area contributed by atoms with Gasteiger partial charge in [0, 0.05) is 56.5 Å². The van der Waals surface area contributed by atoms with Gasteiger partial charge in [0.1, 0.15) is 5.82 Å². The molecule has 0 radical (unpaired) electrons. The van der Waals surface area contributed by atoms with E-state index in [9.17, 15) is 13.6 Å². The van der Waals surface area contributed by atoms with Gasteiger partial charge in [-0.25, -0.2) is 13.8 Å². The molecular weight excluding hydrogens is 448 g/mol. The normalized spacial score (nSPS) is 20.2. The predicted molar refractivity (Wildman–Crippen MR) is 137 cm³/mol. The van der Waals surface area contributed by atoms with Gasteiger partial charge >= 0.3 is 0 Å². The Morgan fingerprint density at radius 2 is 1.51 bits per heavy atom. The van der Waals surface area contributed by atoms with Crippen LogP contribution in [0, 0.1) is 19.3 Å². The van der Waals surface area contributed by atoms with Crippen LogP contribution in [0.5, 0.6) is 0 Å². The quantitative estimate of drug-likeness (QED) is 0.577. The lowest BCUT2D eigenvalue weighted by molar-refractivity contribution is -0.0222. The first-order valence-corrected chi connectivity index (χ1v) is 12.9. The van der Waals surface area contributed by atoms with E-state index >= 15 is 0 Å². The summed E-state index contributed by atoms with van der Waals surface area (Å²) in [5.74, 6) is -2.07. The molecule has 1 amide bonds. The van der Waals surface area contributed by atoms with Crippen LogP contribution in [0.25, 0.3) is 0 Å². The number of hydrogen-bond donors (Lipinski definition) is 1. The SMILES string of the molecule is CC.Cc1ccc(C(=O)Nc2cc(C)nc(N3CCC(F)(F)CC3)n2)c(N2CCC3(CC2)CC3)c1. The maximum Gasteiger partial charge on any atom is 0.258 e. The summed E-state index contributed by atoms with van der Waals surface area (Å²) in [5.41, 5.74) is 3.96. The number of aromatic nitrogens is 2. The van der Waals surface area contributed by atoms with Crippen molar-refractivity contribution in [2.75, 3.05) is 41.3 Å². The largest absolute Gasteiger partial charge is 0.371 e. The first kappa shape index (κ1) is 25.3. The highest BCUT2D eigenvalue weighted by Gasteiger charge is 2.44. The fraction of sp³-hybridized carbons (Fsp3) is 0.593. The molecule has 2 saturated heterocycles. The van der Waals surface area contributed by atoms with E-state index in [0.29, 0.717) is 28.4 Å². The highest BCUT2D eigenvalue weighted by molar-refractivity contribution is 6.08. The fourth-order valence-electron chi connectivity index (χ4n) is 4.97. The molecule has 190 valence electrons. The minimum Gasteiger partial charge on any atom is -0.371 e. The summed E-state index contributed by atoms with van der Waals surface area (Å²) in [7, 11) is 0. The van der Waals surface area contributed by atoms with E-state index in [1.165, 1.54) is 25.7 Å². The Morgan fingerprint density at radius 3 is 2.14 bits per heavy atom. The molecule has 5 rings (SSSR count). The maximum atomic E-state index is 13.5. The number of hydrogen-bond acceptors (Lipinski definition) is 5. The van der Waals surface area contributed by atoms with E-state index in [0.717, 1.165) is 24.3 Å². The van der Waals surface area contributed by atoms with E-state index < -0.39 is 5.92 Å². The van der Waals surface area contributed by atoms with Crippen LogP contribution >= 0.6 is 0 Å². The second kappa shape index (κ2) is 10.1. The number of nitrogens with zero attached hydrogens (tertiary/aromatic N) is 4. The average Bonchev–Trinajstić information content (AvgIpc) is 3.59. The molecule has 3 fully saturated rings. The standard InChI is InChI=1S/C25H31F2N5O.C2H6/c1-17-3-4-19(20(15-17)31-11-7-24(5-6-24)8-12-31)22(33)29-21-16-18(2)28-23(30-21)32-13-9-25(26,27)10-14-32;1-2/h3-4,15-16H,5-14H2,1-2H3,(H,28,29,30,33);1-2H3. The number of halogens is 2. The Kier molecular flexibility index (Phi) is 7.29. The zero-order valence-electron chi connectivity index (χ0n) is 21.3.